The first-order valence-corrected chi connectivity index (χ1v) is 9.67. The second-order valence-corrected chi connectivity index (χ2v) is 7.04. The van der Waals surface area contributed by atoms with Gasteiger partial charge in [-0.25, -0.2) is 4.79 Å². The number of aliphatic hydroxyl groups excluding tert-OH is 1. The fraction of sp³-hybridized carbons (Fsp3) is 0.227. The number of halogens is 3. The maximum absolute atomic E-state index is 13.7. The third kappa shape index (κ3) is 4.98. The summed E-state index contributed by atoms with van der Waals surface area (Å²) >= 11 is 0. The molecule has 33 heavy (non-hydrogen) atoms. The Labute approximate surface area is 185 Å². The summed E-state index contributed by atoms with van der Waals surface area (Å²) in [7, 11) is 0. The number of aromatic nitrogens is 2. The Bertz CT molecular complexity index is 1290. The summed E-state index contributed by atoms with van der Waals surface area (Å²) in [5.74, 6) is -1.05. The molecule has 0 aliphatic heterocycles. The second kappa shape index (κ2) is 9.33. The van der Waals surface area contributed by atoms with Crippen molar-refractivity contribution < 1.29 is 27.8 Å². The molecular formula is C22H18F3N3O5. The van der Waals surface area contributed by atoms with E-state index in [4.69, 9.17) is 4.74 Å². The molecule has 172 valence electrons. The third-order valence-electron chi connectivity index (χ3n) is 4.64. The van der Waals surface area contributed by atoms with Crippen LogP contribution in [-0.4, -0.2) is 27.5 Å². The smallest absolute Gasteiger partial charge is 0.418 e. The molecular weight excluding hydrogens is 443 g/mol. The number of hydrogen-bond donors (Lipinski definition) is 1. The summed E-state index contributed by atoms with van der Waals surface area (Å²) in [6.07, 6.45) is -4.90. The van der Waals surface area contributed by atoms with Crippen molar-refractivity contribution in [3.63, 3.8) is 0 Å². The zero-order chi connectivity index (χ0) is 24.3. The molecule has 0 aliphatic rings. The Balaban J connectivity index is 2.40. The van der Waals surface area contributed by atoms with Gasteiger partial charge in [0.05, 0.1) is 30.2 Å². The fourth-order valence-corrected chi connectivity index (χ4v) is 3.25. The molecule has 0 amide bonds. The molecule has 0 bridgehead atoms. The van der Waals surface area contributed by atoms with E-state index in [1.54, 1.807) is 19.1 Å². The molecule has 3 rings (SSSR count). The number of nitroso groups, excluding NO2 is 1. The van der Waals surface area contributed by atoms with Gasteiger partial charge in [0.25, 0.3) is 5.56 Å². The van der Waals surface area contributed by atoms with Gasteiger partial charge in [0.15, 0.2) is 0 Å². The number of esters is 1. The quantitative estimate of drug-likeness (QED) is 0.433. The van der Waals surface area contributed by atoms with Crippen LogP contribution in [0.5, 0.6) is 0 Å². The minimum Gasteiger partial charge on any atom is -0.462 e. The lowest BCUT2D eigenvalue weighted by Crippen LogP contribution is -2.30. The molecule has 2 aromatic carbocycles. The van der Waals surface area contributed by atoms with E-state index in [9.17, 15) is 32.8 Å². The van der Waals surface area contributed by atoms with Gasteiger partial charge < -0.3 is 9.84 Å². The minimum atomic E-state index is -4.90. The molecule has 0 radical (unpaired) electrons. The standard InChI is InChI=1S/C22H18F3N3O5/c1-3-33-21(31)16-10-18(14-7-12(2)6-13(8-14)11-29)26-28(20(16)30)19-9-15(27-32)4-5-17(19)22(23,24)25/h4-10,29H,3,11H2,1-2H3. The lowest BCUT2D eigenvalue weighted by atomic mass is 10.0. The minimum absolute atomic E-state index is 0.0198. The predicted molar refractivity (Wildman–Crippen MR) is 112 cm³/mol. The van der Waals surface area contributed by atoms with Gasteiger partial charge in [-0.2, -0.15) is 23.0 Å². The van der Waals surface area contributed by atoms with Crippen LogP contribution in [0.25, 0.3) is 16.9 Å². The number of nitrogens with zero attached hydrogens (tertiary/aromatic N) is 3. The van der Waals surface area contributed by atoms with Crippen LogP contribution in [0, 0.1) is 11.8 Å². The molecule has 1 N–H and O–H groups in total. The Morgan fingerprint density at radius 1 is 1.18 bits per heavy atom. The van der Waals surface area contributed by atoms with Crippen molar-refractivity contribution >= 4 is 11.7 Å². The summed E-state index contributed by atoms with van der Waals surface area (Å²) < 4.78 is 46.3. The molecule has 0 unspecified atom stereocenters. The lowest BCUT2D eigenvalue weighted by molar-refractivity contribution is -0.137. The average molecular weight is 461 g/mol. The highest BCUT2D eigenvalue weighted by molar-refractivity contribution is 5.90. The summed E-state index contributed by atoms with van der Waals surface area (Å²) in [5.41, 5.74) is -2.59. The Morgan fingerprint density at radius 3 is 2.52 bits per heavy atom. The molecule has 0 saturated heterocycles. The first kappa shape index (κ1) is 23.8. The van der Waals surface area contributed by atoms with Gasteiger partial charge in [-0.1, -0.05) is 11.6 Å². The monoisotopic (exact) mass is 461 g/mol. The number of rotatable bonds is 6. The highest BCUT2D eigenvalue weighted by atomic mass is 19.4. The van der Waals surface area contributed by atoms with Crippen LogP contribution in [0.15, 0.2) is 52.4 Å². The summed E-state index contributed by atoms with van der Waals surface area (Å²) in [5, 5.41) is 16.2. The molecule has 0 spiro atoms. The van der Waals surface area contributed by atoms with Crippen LogP contribution in [0.4, 0.5) is 18.9 Å². The average Bonchev–Trinajstić information content (AvgIpc) is 2.77. The SMILES string of the molecule is CCOC(=O)c1cc(-c2cc(C)cc(CO)c2)nn(-c2cc(N=O)ccc2C(F)(F)F)c1=O. The Hall–Kier alpha value is -3.86. The van der Waals surface area contributed by atoms with Gasteiger partial charge in [0, 0.05) is 5.56 Å². The third-order valence-corrected chi connectivity index (χ3v) is 4.64. The van der Waals surface area contributed by atoms with Crippen molar-refractivity contribution in [2.24, 2.45) is 5.18 Å². The number of hydrogen-bond acceptors (Lipinski definition) is 7. The van der Waals surface area contributed by atoms with Crippen LogP contribution < -0.4 is 5.56 Å². The maximum atomic E-state index is 13.7. The van der Waals surface area contributed by atoms with Gasteiger partial charge >= 0.3 is 12.1 Å². The predicted octanol–water partition coefficient (Wildman–Crippen LogP) is 4.29. The molecule has 0 atom stereocenters. The van der Waals surface area contributed by atoms with E-state index in [0.717, 1.165) is 18.2 Å². The fourth-order valence-electron chi connectivity index (χ4n) is 3.25. The van der Waals surface area contributed by atoms with Gasteiger partial charge in [0.1, 0.15) is 11.3 Å². The van der Waals surface area contributed by atoms with Crippen LogP contribution in [0.2, 0.25) is 0 Å². The summed E-state index contributed by atoms with van der Waals surface area (Å²) in [4.78, 5) is 36.4. The number of carbonyl (C=O) groups is 1. The zero-order valence-electron chi connectivity index (χ0n) is 17.5. The molecule has 0 aliphatic carbocycles. The first-order valence-electron chi connectivity index (χ1n) is 9.67. The topological polar surface area (TPSA) is 111 Å². The largest absolute Gasteiger partial charge is 0.462 e. The Kier molecular flexibility index (Phi) is 6.73. The second-order valence-electron chi connectivity index (χ2n) is 7.04. The van der Waals surface area contributed by atoms with Gasteiger partial charge in [0.2, 0.25) is 0 Å². The van der Waals surface area contributed by atoms with Gasteiger partial charge in [-0.05, 0) is 61.0 Å². The van der Waals surface area contributed by atoms with Crippen LogP contribution in [0.1, 0.15) is 34.0 Å². The number of aryl methyl sites for hydroxylation is 1. The van der Waals surface area contributed by atoms with Crippen molar-refractivity contribution in [2.45, 2.75) is 26.6 Å². The van der Waals surface area contributed by atoms with Crippen molar-refractivity contribution in [1.82, 2.24) is 9.78 Å². The highest BCUT2D eigenvalue weighted by Crippen LogP contribution is 2.35. The molecule has 0 fully saturated rings. The number of aliphatic hydroxyl groups is 1. The lowest BCUT2D eigenvalue weighted by Gasteiger charge is -2.16. The van der Waals surface area contributed by atoms with E-state index in [1.165, 1.54) is 13.0 Å². The van der Waals surface area contributed by atoms with Crippen molar-refractivity contribution in [3.8, 4) is 16.9 Å². The van der Waals surface area contributed by atoms with E-state index in [-0.39, 0.29) is 24.6 Å². The van der Waals surface area contributed by atoms with Gasteiger partial charge in [-0.15, -0.1) is 4.91 Å². The van der Waals surface area contributed by atoms with E-state index in [1.807, 2.05) is 0 Å². The maximum Gasteiger partial charge on any atom is 0.418 e. The highest BCUT2D eigenvalue weighted by Gasteiger charge is 2.35. The first-order chi connectivity index (χ1) is 15.6. The van der Waals surface area contributed by atoms with E-state index in [0.29, 0.717) is 27.4 Å². The molecule has 3 aromatic rings. The molecule has 8 nitrogen and oxygen atoms in total. The van der Waals surface area contributed by atoms with Crippen molar-refractivity contribution in [2.75, 3.05) is 6.61 Å². The molecule has 0 saturated carbocycles. The number of carbonyl (C=O) groups excluding carboxylic acids is 1. The van der Waals surface area contributed by atoms with E-state index >= 15 is 0 Å². The normalized spacial score (nSPS) is 11.3. The summed E-state index contributed by atoms with van der Waals surface area (Å²) in [6, 6.07) is 8.17. The van der Waals surface area contributed by atoms with Crippen LogP contribution >= 0.6 is 0 Å². The van der Waals surface area contributed by atoms with Crippen LogP contribution in [-0.2, 0) is 17.5 Å². The summed E-state index contributed by atoms with van der Waals surface area (Å²) in [6.45, 7) is 2.84. The number of benzene rings is 2. The van der Waals surface area contributed by atoms with Crippen molar-refractivity contribution in [3.05, 3.63) is 80.0 Å². The van der Waals surface area contributed by atoms with Crippen molar-refractivity contribution in [1.29, 1.82) is 0 Å². The zero-order valence-corrected chi connectivity index (χ0v) is 17.5. The molecule has 11 heteroatoms. The Morgan fingerprint density at radius 2 is 1.91 bits per heavy atom. The van der Waals surface area contributed by atoms with E-state index < -0.39 is 34.5 Å². The van der Waals surface area contributed by atoms with E-state index in [2.05, 4.69) is 10.3 Å². The number of ether oxygens (including phenoxy) is 1. The van der Waals surface area contributed by atoms with Gasteiger partial charge in [-0.3, -0.25) is 4.79 Å². The number of alkyl halides is 3. The molecule has 1 aromatic heterocycles. The molecule has 1 heterocycles. The van der Waals surface area contributed by atoms with Crippen LogP contribution in [0.3, 0.4) is 0 Å².